The van der Waals surface area contributed by atoms with Crippen LogP contribution in [-0.4, -0.2) is 15.0 Å². The Hall–Kier alpha value is -3.31. The smallest absolute Gasteiger partial charge is 0.162 e. The SMILES string of the molecule is Fc1ccc(-c2cc(NCc3ccc(Cl)cc3)nc(-c3ccncc3)n2)cc1. The maximum Gasteiger partial charge on any atom is 0.162 e. The second-order valence-electron chi connectivity index (χ2n) is 6.18. The van der Waals surface area contributed by atoms with Gasteiger partial charge in [0.25, 0.3) is 0 Å². The first-order valence-electron chi connectivity index (χ1n) is 8.71. The van der Waals surface area contributed by atoms with Crippen molar-refractivity contribution in [2.75, 3.05) is 5.32 Å². The lowest BCUT2D eigenvalue weighted by molar-refractivity contribution is 0.628. The Labute approximate surface area is 167 Å². The maximum atomic E-state index is 13.3. The van der Waals surface area contributed by atoms with E-state index < -0.39 is 0 Å². The van der Waals surface area contributed by atoms with E-state index in [9.17, 15) is 4.39 Å². The molecular formula is C22H16ClFN4. The highest BCUT2D eigenvalue weighted by atomic mass is 35.5. The Kier molecular flexibility index (Phi) is 5.26. The van der Waals surface area contributed by atoms with Gasteiger partial charge in [0.2, 0.25) is 0 Å². The number of nitrogens with zero attached hydrogens (tertiary/aromatic N) is 3. The monoisotopic (exact) mass is 390 g/mol. The molecule has 0 radical (unpaired) electrons. The molecule has 4 nitrogen and oxygen atoms in total. The third kappa shape index (κ3) is 4.32. The van der Waals surface area contributed by atoms with Crippen molar-refractivity contribution >= 4 is 17.4 Å². The molecule has 4 rings (SSSR count). The Balaban J connectivity index is 1.69. The first-order chi connectivity index (χ1) is 13.7. The Morgan fingerprint density at radius 3 is 2.25 bits per heavy atom. The summed E-state index contributed by atoms with van der Waals surface area (Å²) in [7, 11) is 0. The number of pyridine rings is 1. The lowest BCUT2D eigenvalue weighted by atomic mass is 10.1. The topological polar surface area (TPSA) is 50.7 Å². The van der Waals surface area contributed by atoms with E-state index in [1.165, 1.54) is 12.1 Å². The lowest BCUT2D eigenvalue weighted by Gasteiger charge is -2.11. The Morgan fingerprint density at radius 2 is 1.54 bits per heavy atom. The molecule has 0 aliphatic carbocycles. The summed E-state index contributed by atoms with van der Waals surface area (Å²) in [6, 6.07) is 19.4. The number of halogens is 2. The molecular weight excluding hydrogens is 375 g/mol. The standard InChI is InChI=1S/C22H16ClFN4/c23-18-5-1-15(2-6-18)14-26-21-13-20(16-3-7-19(24)8-4-16)27-22(28-21)17-9-11-25-12-10-17/h1-13H,14H2,(H,26,27,28). The minimum absolute atomic E-state index is 0.284. The van der Waals surface area contributed by atoms with Crippen molar-refractivity contribution in [3.05, 3.63) is 95.5 Å². The highest BCUT2D eigenvalue weighted by Crippen LogP contribution is 2.25. The van der Waals surface area contributed by atoms with Gasteiger partial charge in [-0.3, -0.25) is 4.98 Å². The summed E-state index contributed by atoms with van der Waals surface area (Å²) in [5.41, 5.74) is 3.46. The van der Waals surface area contributed by atoms with Crippen LogP contribution in [0.5, 0.6) is 0 Å². The van der Waals surface area contributed by atoms with Gasteiger partial charge in [-0.05, 0) is 54.1 Å². The van der Waals surface area contributed by atoms with Gasteiger partial charge in [0, 0.05) is 41.2 Å². The van der Waals surface area contributed by atoms with Crippen LogP contribution in [0.2, 0.25) is 5.02 Å². The van der Waals surface area contributed by atoms with E-state index in [-0.39, 0.29) is 5.82 Å². The maximum absolute atomic E-state index is 13.3. The molecule has 138 valence electrons. The highest BCUT2D eigenvalue weighted by molar-refractivity contribution is 6.30. The first-order valence-corrected chi connectivity index (χ1v) is 9.09. The second-order valence-corrected chi connectivity index (χ2v) is 6.62. The first kappa shape index (κ1) is 18.1. The molecule has 4 aromatic rings. The van der Waals surface area contributed by atoms with Gasteiger partial charge in [-0.15, -0.1) is 0 Å². The summed E-state index contributed by atoms with van der Waals surface area (Å²) in [5, 5.41) is 4.03. The molecule has 0 saturated carbocycles. The fourth-order valence-electron chi connectivity index (χ4n) is 2.73. The molecule has 0 atom stereocenters. The molecule has 0 aliphatic rings. The van der Waals surface area contributed by atoms with Crippen molar-refractivity contribution in [3.8, 4) is 22.6 Å². The van der Waals surface area contributed by atoms with Crippen molar-refractivity contribution in [3.63, 3.8) is 0 Å². The summed E-state index contributed by atoms with van der Waals surface area (Å²) < 4.78 is 13.3. The average Bonchev–Trinajstić information content (AvgIpc) is 2.74. The zero-order valence-electron chi connectivity index (χ0n) is 14.8. The Bertz CT molecular complexity index is 1070. The molecule has 0 aliphatic heterocycles. The van der Waals surface area contributed by atoms with E-state index in [0.29, 0.717) is 28.9 Å². The van der Waals surface area contributed by atoms with E-state index in [4.69, 9.17) is 11.6 Å². The van der Waals surface area contributed by atoms with Crippen LogP contribution in [0.1, 0.15) is 5.56 Å². The van der Waals surface area contributed by atoms with E-state index in [1.54, 1.807) is 24.5 Å². The molecule has 0 amide bonds. The molecule has 2 heterocycles. The van der Waals surface area contributed by atoms with E-state index in [0.717, 1.165) is 16.7 Å². The van der Waals surface area contributed by atoms with Crippen LogP contribution in [0.15, 0.2) is 79.1 Å². The van der Waals surface area contributed by atoms with Gasteiger partial charge >= 0.3 is 0 Å². The average molecular weight is 391 g/mol. The normalized spacial score (nSPS) is 10.6. The molecule has 6 heteroatoms. The third-order valence-corrected chi connectivity index (χ3v) is 4.44. The molecule has 2 aromatic heterocycles. The van der Waals surface area contributed by atoms with E-state index in [2.05, 4.69) is 20.3 Å². The van der Waals surface area contributed by atoms with Crippen molar-refractivity contribution in [1.82, 2.24) is 15.0 Å². The van der Waals surface area contributed by atoms with Crippen molar-refractivity contribution in [2.45, 2.75) is 6.54 Å². The van der Waals surface area contributed by atoms with Crippen molar-refractivity contribution in [2.24, 2.45) is 0 Å². The third-order valence-electron chi connectivity index (χ3n) is 4.19. The number of benzene rings is 2. The fraction of sp³-hybridized carbons (Fsp3) is 0.0455. The molecule has 1 N–H and O–H groups in total. The number of rotatable bonds is 5. The molecule has 0 bridgehead atoms. The number of anilines is 1. The predicted molar refractivity (Wildman–Crippen MR) is 109 cm³/mol. The summed E-state index contributed by atoms with van der Waals surface area (Å²) >= 11 is 5.94. The van der Waals surface area contributed by atoms with Crippen LogP contribution < -0.4 is 5.32 Å². The van der Waals surface area contributed by atoms with Gasteiger partial charge in [0.1, 0.15) is 11.6 Å². The molecule has 0 unspecified atom stereocenters. The van der Waals surface area contributed by atoms with Crippen LogP contribution in [0.25, 0.3) is 22.6 Å². The predicted octanol–water partition coefficient (Wildman–Crippen LogP) is 5.61. The number of hydrogen-bond acceptors (Lipinski definition) is 4. The molecule has 2 aromatic carbocycles. The Morgan fingerprint density at radius 1 is 0.821 bits per heavy atom. The van der Waals surface area contributed by atoms with Gasteiger partial charge in [-0.25, -0.2) is 14.4 Å². The van der Waals surface area contributed by atoms with Crippen LogP contribution in [0, 0.1) is 5.82 Å². The number of aromatic nitrogens is 3. The summed E-state index contributed by atoms with van der Waals surface area (Å²) in [6.07, 6.45) is 3.40. The lowest BCUT2D eigenvalue weighted by Crippen LogP contribution is -2.04. The molecule has 28 heavy (non-hydrogen) atoms. The van der Waals surface area contributed by atoms with Gasteiger partial charge in [-0.1, -0.05) is 23.7 Å². The van der Waals surface area contributed by atoms with Gasteiger partial charge in [0.15, 0.2) is 5.82 Å². The minimum Gasteiger partial charge on any atom is -0.366 e. The van der Waals surface area contributed by atoms with E-state index >= 15 is 0 Å². The van der Waals surface area contributed by atoms with Crippen LogP contribution >= 0.6 is 11.6 Å². The fourth-order valence-corrected chi connectivity index (χ4v) is 2.86. The van der Waals surface area contributed by atoms with Crippen LogP contribution in [0.3, 0.4) is 0 Å². The van der Waals surface area contributed by atoms with Gasteiger partial charge in [-0.2, -0.15) is 0 Å². The molecule has 0 fully saturated rings. The van der Waals surface area contributed by atoms with Crippen LogP contribution in [0.4, 0.5) is 10.2 Å². The zero-order chi connectivity index (χ0) is 19.3. The number of nitrogens with one attached hydrogen (secondary N) is 1. The number of hydrogen-bond donors (Lipinski definition) is 1. The summed E-state index contributed by atoms with van der Waals surface area (Å²) in [5.74, 6) is 0.965. The van der Waals surface area contributed by atoms with Crippen LogP contribution in [-0.2, 0) is 6.54 Å². The largest absolute Gasteiger partial charge is 0.366 e. The van der Waals surface area contributed by atoms with Crippen molar-refractivity contribution < 1.29 is 4.39 Å². The zero-order valence-corrected chi connectivity index (χ0v) is 15.6. The van der Waals surface area contributed by atoms with Crippen molar-refractivity contribution in [1.29, 1.82) is 0 Å². The quantitative estimate of drug-likeness (QED) is 0.481. The summed E-state index contributed by atoms with van der Waals surface area (Å²) in [4.78, 5) is 13.3. The van der Waals surface area contributed by atoms with Gasteiger partial charge in [0.05, 0.1) is 5.69 Å². The van der Waals surface area contributed by atoms with Gasteiger partial charge < -0.3 is 5.32 Å². The minimum atomic E-state index is -0.284. The molecule has 0 spiro atoms. The second kappa shape index (κ2) is 8.15. The highest BCUT2D eigenvalue weighted by Gasteiger charge is 2.09. The summed E-state index contributed by atoms with van der Waals surface area (Å²) in [6.45, 7) is 0.590. The van der Waals surface area contributed by atoms with E-state index in [1.807, 2.05) is 42.5 Å². The molecule has 0 saturated heterocycles.